The Morgan fingerprint density at radius 2 is 1.92 bits per heavy atom. The minimum Gasteiger partial charge on any atom is -0.493 e. The third-order valence-corrected chi connectivity index (χ3v) is 4.32. The van der Waals surface area contributed by atoms with Crippen LogP contribution in [0.3, 0.4) is 0 Å². The van der Waals surface area contributed by atoms with Crippen molar-refractivity contribution in [3.05, 3.63) is 23.8 Å². The Labute approximate surface area is 142 Å². The highest BCUT2D eigenvalue weighted by Crippen LogP contribution is 2.34. The van der Waals surface area contributed by atoms with E-state index in [1.807, 2.05) is 6.92 Å². The van der Waals surface area contributed by atoms with Crippen molar-refractivity contribution >= 4 is 17.6 Å². The van der Waals surface area contributed by atoms with Gasteiger partial charge >= 0.3 is 5.97 Å². The monoisotopic (exact) mass is 335 g/mol. The van der Waals surface area contributed by atoms with Gasteiger partial charge in [-0.05, 0) is 50.3 Å². The molecule has 1 aromatic carbocycles. The van der Waals surface area contributed by atoms with Gasteiger partial charge in [0.15, 0.2) is 0 Å². The second kappa shape index (κ2) is 8.15. The Bertz CT molecular complexity index is 593. The summed E-state index contributed by atoms with van der Waals surface area (Å²) in [6.45, 7) is 2.49. The average molecular weight is 335 g/mol. The summed E-state index contributed by atoms with van der Waals surface area (Å²) < 4.78 is 15.9. The van der Waals surface area contributed by atoms with Crippen molar-refractivity contribution in [1.82, 2.24) is 0 Å². The molecule has 132 valence electrons. The molecule has 0 bridgehead atoms. The van der Waals surface area contributed by atoms with Crippen molar-refractivity contribution in [3.8, 4) is 5.75 Å². The number of methoxy groups -OCH3 is 2. The summed E-state index contributed by atoms with van der Waals surface area (Å²) in [4.78, 5) is 24.6. The molecule has 0 spiro atoms. The molecule has 0 aromatic heterocycles. The van der Waals surface area contributed by atoms with Gasteiger partial charge in [0.05, 0.1) is 13.7 Å². The van der Waals surface area contributed by atoms with Gasteiger partial charge in [0.2, 0.25) is 0 Å². The van der Waals surface area contributed by atoms with Crippen molar-refractivity contribution in [3.63, 3.8) is 0 Å². The zero-order valence-electron chi connectivity index (χ0n) is 14.5. The van der Waals surface area contributed by atoms with Crippen LogP contribution in [0.15, 0.2) is 18.2 Å². The molecule has 6 nitrogen and oxygen atoms in total. The molecule has 1 fully saturated rings. The summed E-state index contributed by atoms with van der Waals surface area (Å²) in [7, 11) is 2.88. The fraction of sp³-hybridized carbons (Fsp3) is 0.556. The Kier molecular flexibility index (Phi) is 6.20. The van der Waals surface area contributed by atoms with E-state index in [1.165, 1.54) is 7.11 Å². The number of benzene rings is 1. The molecule has 1 aliphatic rings. The van der Waals surface area contributed by atoms with Crippen molar-refractivity contribution < 1.29 is 23.8 Å². The molecule has 0 aliphatic heterocycles. The van der Waals surface area contributed by atoms with Crippen LogP contribution in [0.25, 0.3) is 0 Å². The van der Waals surface area contributed by atoms with E-state index in [1.54, 1.807) is 25.3 Å². The summed E-state index contributed by atoms with van der Waals surface area (Å²) in [6, 6.07) is 4.96. The zero-order chi connectivity index (χ0) is 17.6. The predicted molar refractivity (Wildman–Crippen MR) is 90.4 cm³/mol. The number of carbonyl (C=O) groups is 2. The number of hydrogen-bond acceptors (Lipinski definition) is 5. The minimum absolute atomic E-state index is 0.180. The number of anilines is 1. The number of nitrogens with one attached hydrogen (secondary N) is 1. The Morgan fingerprint density at radius 3 is 2.50 bits per heavy atom. The second-order valence-electron chi connectivity index (χ2n) is 5.91. The van der Waals surface area contributed by atoms with Crippen LogP contribution in [0.5, 0.6) is 5.75 Å². The lowest BCUT2D eigenvalue weighted by molar-refractivity contribution is -0.137. The van der Waals surface area contributed by atoms with E-state index in [4.69, 9.17) is 14.2 Å². The Balaban J connectivity index is 2.21. The first-order valence-electron chi connectivity index (χ1n) is 8.28. The van der Waals surface area contributed by atoms with Gasteiger partial charge in [-0.3, -0.25) is 4.79 Å². The first kappa shape index (κ1) is 18.3. The van der Waals surface area contributed by atoms with Crippen LogP contribution in [0.2, 0.25) is 0 Å². The molecule has 24 heavy (non-hydrogen) atoms. The summed E-state index contributed by atoms with van der Waals surface area (Å²) in [5.74, 6) is -0.232. The highest BCUT2D eigenvalue weighted by Gasteiger charge is 2.41. The standard InChI is InChI=1S/C18H25NO5/c1-4-11-24-15-8-7-13(12-14(15)16(20)22-2)19-17(21)18(23-3)9-5-6-10-18/h7-8,12H,4-6,9-11H2,1-3H3,(H,19,21). The summed E-state index contributed by atoms with van der Waals surface area (Å²) >= 11 is 0. The van der Waals surface area contributed by atoms with Gasteiger partial charge in [-0.1, -0.05) is 6.92 Å². The van der Waals surface area contributed by atoms with Crippen LogP contribution >= 0.6 is 0 Å². The maximum absolute atomic E-state index is 12.6. The van der Waals surface area contributed by atoms with E-state index in [-0.39, 0.29) is 5.91 Å². The van der Waals surface area contributed by atoms with E-state index >= 15 is 0 Å². The Hall–Kier alpha value is -2.08. The van der Waals surface area contributed by atoms with Crippen molar-refractivity contribution in [2.75, 3.05) is 26.1 Å². The van der Waals surface area contributed by atoms with Gasteiger partial charge in [-0.2, -0.15) is 0 Å². The molecule has 0 atom stereocenters. The highest BCUT2D eigenvalue weighted by molar-refractivity contribution is 5.99. The quantitative estimate of drug-likeness (QED) is 0.775. The molecule has 0 unspecified atom stereocenters. The normalized spacial score (nSPS) is 15.8. The Morgan fingerprint density at radius 1 is 1.21 bits per heavy atom. The number of ether oxygens (including phenoxy) is 3. The third kappa shape index (κ3) is 3.87. The number of carbonyl (C=O) groups excluding carboxylic acids is 2. The molecule has 1 N–H and O–H groups in total. The number of hydrogen-bond donors (Lipinski definition) is 1. The maximum Gasteiger partial charge on any atom is 0.341 e. The van der Waals surface area contributed by atoms with E-state index in [2.05, 4.69) is 5.32 Å². The molecule has 1 amide bonds. The van der Waals surface area contributed by atoms with Crippen LogP contribution < -0.4 is 10.1 Å². The summed E-state index contributed by atoms with van der Waals surface area (Å²) in [5.41, 5.74) is 0.0391. The van der Waals surface area contributed by atoms with E-state index in [0.717, 1.165) is 19.3 Å². The van der Waals surface area contributed by atoms with E-state index in [9.17, 15) is 9.59 Å². The second-order valence-corrected chi connectivity index (χ2v) is 5.91. The third-order valence-electron chi connectivity index (χ3n) is 4.32. The van der Waals surface area contributed by atoms with E-state index < -0.39 is 11.6 Å². The molecule has 1 aliphatic carbocycles. The fourth-order valence-electron chi connectivity index (χ4n) is 2.93. The van der Waals surface area contributed by atoms with Gasteiger partial charge in [0.25, 0.3) is 5.91 Å². The lowest BCUT2D eigenvalue weighted by atomic mass is 10.0. The molecule has 6 heteroatoms. The van der Waals surface area contributed by atoms with Crippen LogP contribution in [0.1, 0.15) is 49.4 Å². The molecule has 0 radical (unpaired) electrons. The average Bonchev–Trinajstić information content (AvgIpc) is 3.10. The van der Waals surface area contributed by atoms with Gasteiger partial charge < -0.3 is 19.5 Å². The molecule has 0 heterocycles. The predicted octanol–water partition coefficient (Wildman–Crippen LogP) is 3.16. The first-order chi connectivity index (χ1) is 11.6. The SMILES string of the molecule is CCCOc1ccc(NC(=O)C2(OC)CCCC2)cc1C(=O)OC. The zero-order valence-corrected chi connectivity index (χ0v) is 14.5. The van der Waals surface area contributed by atoms with Crippen LogP contribution in [0.4, 0.5) is 5.69 Å². The van der Waals surface area contributed by atoms with E-state index in [0.29, 0.717) is 36.4 Å². The number of rotatable bonds is 7. The van der Waals surface area contributed by atoms with Gasteiger partial charge in [0, 0.05) is 12.8 Å². The van der Waals surface area contributed by atoms with Crippen LogP contribution in [0, 0.1) is 0 Å². The summed E-state index contributed by atoms with van der Waals surface area (Å²) in [6.07, 6.45) is 4.18. The highest BCUT2D eigenvalue weighted by atomic mass is 16.5. The topological polar surface area (TPSA) is 73.9 Å². The van der Waals surface area contributed by atoms with Gasteiger partial charge in [-0.25, -0.2) is 4.79 Å². The fourth-order valence-corrected chi connectivity index (χ4v) is 2.93. The smallest absolute Gasteiger partial charge is 0.341 e. The lowest BCUT2D eigenvalue weighted by Crippen LogP contribution is -2.42. The first-order valence-corrected chi connectivity index (χ1v) is 8.28. The minimum atomic E-state index is -0.775. The van der Waals surface area contributed by atoms with Crippen molar-refractivity contribution in [1.29, 1.82) is 0 Å². The largest absolute Gasteiger partial charge is 0.493 e. The molecule has 2 rings (SSSR count). The molecular weight excluding hydrogens is 310 g/mol. The lowest BCUT2D eigenvalue weighted by Gasteiger charge is -2.26. The number of amides is 1. The molecular formula is C18H25NO5. The summed E-state index contributed by atoms with van der Waals surface area (Å²) in [5, 5.41) is 2.85. The molecule has 1 aromatic rings. The van der Waals surface area contributed by atoms with Gasteiger partial charge in [-0.15, -0.1) is 0 Å². The van der Waals surface area contributed by atoms with Gasteiger partial charge in [0.1, 0.15) is 16.9 Å². The van der Waals surface area contributed by atoms with Crippen LogP contribution in [-0.4, -0.2) is 38.3 Å². The maximum atomic E-state index is 12.6. The molecule has 0 saturated heterocycles. The van der Waals surface area contributed by atoms with Crippen LogP contribution in [-0.2, 0) is 14.3 Å². The van der Waals surface area contributed by atoms with Crippen molar-refractivity contribution in [2.24, 2.45) is 0 Å². The van der Waals surface area contributed by atoms with Crippen molar-refractivity contribution in [2.45, 2.75) is 44.6 Å². The number of esters is 1. The molecule has 1 saturated carbocycles.